The topological polar surface area (TPSA) is 12.0 Å². The Morgan fingerprint density at radius 1 is 1.44 bits per heavy atom. The van der Waals surface area contributed by atoms with Crippen molar-refractivity contribution >= 4 is 27.5 Å². The van der Waals surface area contributed by atoms with Gasteiger partial charge in [-0.25, -0.2) is 4.39 Å². The average molecular weight is 309 g/mol. The Labute approximate surface area is 110 Å². The number of nitrogens with one attached hydrogen (secondary N) is 1. The smallest absolute Gasteiger partial charge is 0.124 e. The lowest BCUT2D eigenvalue weighted by molar-refractivity contribution is 0.430. The van der Waals surface area contributed by atoms with Crippen molar-refractivity contribution in [2.24, 2.45) is 5.92 Å². The van der Waals surface area contributed by atoms with Crippen LogP contribution in [0.3, 0.4) is 0 Å². The first-order chi connectivity index (χ1) is 7.54. The van der Waals surface area contributed by atoms with Crippen molar-refractivity contribution in [1.82, 2.24) is 5.32 Å². The minimum atomic E-state index is -0.228. The molecule has 0 heterocycles. The van der Waals surface area contributed by atoms with Gasteiger partial charge in [-0.1, -0.05) is 35.8 Å². The monoisotopic (exact) mass is 307 g/mol. The molecule has 0 aromatic heterocycles. The summed E-state index contributed by atoms with van der Waals surface area (Å²) in [6.45, 7) is 4.94. The summed E-state index contributed by atoms with van der Waals surface area (Å²) in [4.78, 5) is 0. The summed E-state index contributed by atoms with van der Waals surface area (Å²) in [5, 5.41) is 3.36. The Hall–Kier alpha value is -0.120. The second-order valence-corrected chi connectivity index (χ2v) is 5.28. The molecule has 1 N–H and O–H groups in total. The lowest BCUT2D eigenvalue weighted by atomic mass is 10.1. The number of alkyl halides is 1. The van der Waals surface area contributed by atoms with Gasteiger partial charge in [0, 0.05) is 22.9 Å². The van der Waals surface area contributed by atoms with E-state index < -0.39 is 0 Å². The molecule has 0 aliphatic heterocycles. The molecular weight excluding hydrogens is 292 g/mol. The van der Waals surface area contributed by atoms with Gasteiger partial charge in [0.1, 0.15) is 5.82 Å². The number of hydrogen-bond acceptors (Lipinski definition) is 1. The van der Waals surface area contributed by atoms with Gasteiger partial charge in [-0.15, -0.1) is 11.6 Å². The largest absolute Gasteiger partial charge is 0.308 e. The van der Waals surface area contributed by atoms with E-state index in [0.29, 0.717) is 18.3 Å². The van der Waals surface area contributed by atoms with Crippen LogP contribution in [0.25, 0.3) is 0 Å². The zero-order valence-corrected chi connectivity index (χ0v) is 11.8. The molecule has 0 saturated heterocycles. The predicted molar refractivity (Wildman–Crippen MR) is 70.3 cm³/mol. The van der Waals surface area contributed by atoms with E-state index in [2.05, 4.69) is 35.1 Å². The van der Waals surface area contributed by atoms with Crippen molar-refractivity contribution < 1.29 is 4.39 Å². The molecule has 0 aliphatic carbocycles. The molecule has 0 saturated carbocycles. The summed E-state index contributed by atoms with van der Waals surface area (Å²) in [5.74, 6) is 0.835. The van der Waals surface area contributed by atoms with Gasteiger partial charge >= 0.3 is 0 Å². The maximum atomic E-state index is 12.9. The maximum absolute atomic E-state index is 12.9. The molecule has 1 atom stereocenters. The van der Waals surface area contributed by atoms with Gasteiger partial charge in [-0.05, 0) is 23.6 Å². The Balaban J connectivity index is 2.60. The molecule has 0 amide bonds. The summed E-state index contributed by atoms with van der Waals surface area (Å²) in [7, 11) is 0. The molecule has 0 fully saturated rings. The standard InChI is InChI=1S/C12H16BrClFN/c1-8(2)12(6-14)16-7-9-3-4-10(15)5-11(9)13/h3-5,8,12,16H,6-7H2,1-2H3. The molecule has 0 radical (unpaired) electrons. The lowest BCUT2D eigenvalue weighted by Gasteiger charge is -2.20. The van der Waals surface area contributed by atoms with E-state index in [0.717, 1.165) is 10.0 Å². The first-order valence-corrected chi connectivity index (χ1v) is 6.60. The summed E-state index contributed by atoms with van der Waals surface area (Å²) < 4.78 is 13.7. The number of benzene rings is 1. The molecule has 1 unspecified atom stereocenters. The van der Waals surface area contributed by atoms with Gasteiger partial charge in [-0.3, -0.25) is 0 Å². The quantitative estimate of drug-likeness (QED) is 0.812. The van der Waals surface area contributed by atoms with Crippen molar-refractivity contribution in [3.8, 4) is 0 Å². The molecule has 4 heteroatoms. The molecule has 1 nitrogen and oxygen atoms in total. The Kier molecular flexibility index (Phi) is 5.73. The van der Waals surface area contributed by atoms with Crippen LogP contribution in [-0.4, -0.2) is 11.9 Å². The van der Waals surface area contributed by atoms with E-state index in [1.54, 1.807) is 6.07 Å². The van der Waals surface area contributed by atoms with E-state index >= 15 is 0 Å². The molecule has 90 valence electrons. The minimum absolute atomic E-state index is 0.228. The fourth-order valence-electron chi connectivity index (χ4n) is 1.37. The molecule has 1 rings (SSSR count). The van der Waals surface area contributed by atoms with Crippen LogP contribution in [0.15, 0.2) is 22.7 Å². The molecule has 0 aliphatic rings. The molecule has 1 aromatic rings. The van der Waals surface area contributed by atoms with Crippen LogP contribution < -0.4 is 5.32 Å². The maximum Gasteiger partial charge on any atom is 0.124 e. The van der Waals surface area contributed by atoms with Gasteiger partial charge < -0.3 is 5.32 Å². The summed E-state index contributed by atoms with van der Waals surface area (Å²) in [5.41, 5.74) is 1.04. The van der Waals surface area contributed by atoms with Crippen molar-refractivity contribution in [2.75, 3.05) is 5.88 Å². The van der Waals surface area contributed by atoms with E-state index in [1.807, 2.05) is 0 Å². The second kappa shape index (κ2) is 6.58. The summed E-state index contributed by atoms with van der Waals surface area (Å²) in [6.07, 6.45) is 0. The van der Waals surface area contributed by atoms with Crippen LogP contribution in [-0.2, 0) is 6.54 Å². The van der Waals surface area contributed by atoms with E-state index in [1.165, 1.54) is 12.1 Å². The predicted octanol–water partition coefficient (Wildman–Crippen LogP) is 3.94. The normalized spacial score (nSPS) is 13.1. The van der Waals surface area contributed by atoms with Crippen molar-refractivity contribution in [1.29, 1.82) is 0 Å². The third-order valence-corrected chi connectivity index (χ3v) is 3.61. The van der Waals surface area contributed by atoms with Crippen molar-refractivity contribution in [3.63, 3.8) is 0 Å². The highest BCUT2D eigenvalue weighted by Gasteiger charge is 2.11. The van der Waals surface area contributed by atoms with Gasteiger partial charge in [0.2, 0.25) is 0 Å². The number of halogens is 3. The fraction of sp³-hybridized carbons (Fsp3) is 0.500. The van der Waals surface area contributed by atoms with Crippen LogP contribution in [0.2, 0.25) is 0 Å². The SMILES string of the molecule is CC(C)C(CCl)NCc1ccc(F)cc1Br. The third kappa shape index (κ3) is 4.04. The third-order valence-electron chi connectivity index (χ3n) is 2.54. The summed E-state index contributed by atoms with van der Waals surface area (Å²) in [6, 6.07) is 4.99. The van der Waals surface area contributed by atoms with E-state index in [-0.39, 0.29) is 11.9 Å². The van der Waals surface area contributed by atoms with Crippen molar-refractivity contribution in [2.45, 2.75) is 26.4 Å². The van der Waals surface area contributed by atoms with E-state index in [4.69, 9.17) is 11.6 Å². The van der Waals surface area contributed by atoms with E-state index in [9.17, 15) is 4.39 Å². The Bertz CT molecular complexity index is 344. The van der Waals surface area contributed by atoms with Crippen LogP contribution >= 0.6 is 27.5 Å². The van der Waals surface area contributed by atoms with Gasteiger partial charge in [0.05, 0.1) is 0 Å². The highest BCUT2D eigenvalue weighted by molar-refractivity contribution is 9.10. The fourth-order valence-corrected chi connectivity index (χ4v) is 2.33. The molecule has 16 heavy (non-hydrogen) atoms. The van der Waals surface area contributed by atoms with Gasteiger partial charge in [-0.2, -0.15) is 0 Å². The van der Waals surface area contributed by atoms with Crippen LogP contribution in [0, 0.1) is 11.7 Å². The number of hydrogen-bond donors (Lipinski definition) is 1. The van der Waals surface area contributed by atoms with Crippen molar-refractivity contribution in [3.05, 3.63) is 34.1 Å². The van der Waals surface area contributed by atoms with Gasteiger partial charge in [0.25, 0.3) is 0 Å². The van der Waals surface area contributed by atoms with Gasteiger partial charge in [0.15, 0.2) is 0 Å². The van der Waals surface area contributed by atoms with Crippen LogP contribution in [0.5, 0.6) is 0 Å². The minimum Gasteiger partial charge on any atom is -0.308 e. The molecule has 1 aromatic carbocycles. The first kappa shape index (κ1) is 13.9. The van der Waals surface area contributed by atoms with Crippen LogP contribution in [0.4, 0.5) is 4.39 Å². The molecule has 0 bridgehead atoms. The lowest BCUT2D eigenvalue weighted by Crippen LogP contribution is -2.34. The molecule has 0 spiro atoms. The van der Waals surface area contributed by atoms with Crippen LogP contribution in [0.1, 0.15) is 19.4 Å². The summed E-state index contributed by atoms with van der Waals surface area (Å²) >= 11 is 9.20. The Morgan fingerprint density at radius 2 is 2.12 bits per heavy atom. The second-order valence-electron chi connectivity index (χ2n) is 4.12. The molecular formula is C12H16BrClFN. The Morgan fingerprint density at radius 3 is 2.62 bits per heavy atom. The number of rotatable bonds is 5. The highest BCUT2D eigenvalue weighted by Crippen LogP contribution is 2.18. The average Bonchev–Trinajstić information content (AvgIpc) is 2.21. The zero-order chi connectivity index (χ0) is 12.1. The first-order valence-electron chi connectivity index (χ1n) is 5.28. The highest BCUT2D eigenvalue weighted by atomic mass is 79.9. The zero-order valence-electron chi connectivity index (χ0n) is 9.43.